The molecule has 2 rings (SSSR count). The molecule has 0 saturated carbocycles. The molecule has 0 aromatic carbocycles. The van der Waals surface area contributed by atoms with Crippen molar-refractivity contribution in [3.05, 3.63) is 28.6 Å². The van der Waals surface area contributed by atoms with Gasteiger partial charge in [0, 0.05) is 5.38 Å². The normalized spacial score (nSPS) is 12.0. The maximum absolute atomic E-state index is 11.9. The average molecular weight is 324 g/mol. The van der Waals surface area contributed by atoms with Crippen LogP contribution in [0.15, 0.2) is 22.9 Å². The lowest BCUT2D eigenvalue weighted by molar-refractivity contribution is -0.141. The number of hydrogen-bond donors (Lipinski definition) is 2. The minimum absolute atomic E-state index is 0.107. The third kappa shape index (κ3) is 4.37. The first-order valence-corrected chi connectivity index (χ1v) is 8.36. The van der Waals surface area contributed by atoms with E-state index in [4.69, 9.17) is 5.11 Å². The summed E-state index contributed by atoms with van der Waals surface area (Å²) in [6.07, 6.45) is 1.24. The first-order chi connectivity index (χ1) is 10.1. The van der Waals surface area contributed by atoms with Crippen molar-refractivity contribution in [1.82, 2.24) is 10.3 Å². The molecule has 0 unspecified atom stereocenters. The molecule has 1 amide bonds. The van der Waals surface area contributed by atoms with Crippen LogP contribution in [-0.2, 0) is 16.0 Å². The summed E-state index contributed by atoms with van der Waals surface area (Å²) in [4.78, 5) is 28.4. The fourth-order valence-corrected chi connectivity index (χ4v) is 3.49. The van der Waals surface area contributed by atoms with Gasteiger partial charge < -0.3 is 10.4 Å². The van der Waals surface area contributed by atoms with Crippen LogP contribution in [0.3, 0.4) is 0 Å². The topological polar surface area (TPSA) is 79.3 Å². The maximum atomic E-state index is 11.9. The van der Waals surface area contributed by atoms with E-state index in [2.05, 4.69) is 10.3 Å². The van der Waals surface area contributed by atoms with Crippen LogP contribution in [0.25, 0.3) is 9.88 Å². The van der Waals surface area contributed by atoms with E-state index in [-0.39, 0.29) is 12.3 Å². The van der Waals surface area contributed by atoms with Crippen LogP contribution in [0.2, 0.25) is 0 Å². The molecule has 2 heterocycles. The van der Waals surface area contributed by atoms with Crippen LogP contribution in [-0.4, -0.2) is 28.0 Å². The van der Waals surface area contributed by atoms with Crippen LogP contribution in [0.4, 0.5) is 0 Å². The van der Waals surface area contributed by atoms with Crippen molar-refractivity contribution in [2.24, 2.45) is 0 Å². The lowest BCUT2D eigenvalue weighted by Gasteiger charge is -2.12. The molecule has 112 valence electrons. The Morgan fingerprint density at radius 1 is 1.43 bits per heavy atom. The Labute approximate surface area is 130 Å². The smallest absolute Gasteiger partial charge is 0.326 e. The molecule has 21 heavy (non-hydrogen) atoms. The van der Waals surface area contributed by atoms with Crippen molar-refractivity contribution in [3.8, 4) is 9.88 Å². The van der Waals surface area contributed by atoms with Gasteiger partial charge in [0.15, 0.2) is 0 Å². The Morgan fingerprint density at radius 3 is 2.86 bits per heavy atom. The fourth-order valence-electron chi connectivity index (χ4n) is 1.86. The van der Waals surface area contributed by atoms with Gasteiger partial charge in [-0.3, -0.25) is 4.79 Å². The van der Waals surface area contributed by atoms with Gasteiger partial charge in [-0.2, -0.15) is 0 Å². The molecular weight excluding hydrogens is 308 g/mol. The number of nitrogens with zero attached hydrogens (tertiary/aromatic N) is 1. The summed E-state index contributed by atoms with van der Waals surface area (Å²) in [6, 6.07) is 3.11. The van der Waals surface area contributed by atoms with E-state index in [1.54, 1.807) is 11.3 Å². The molecule has 0 aliphatic rings. The van der Waals surface area contributed by atoms with Crippen LogP contribution in [0.5, 0.6) is 0 Å². The molecule has 2 aromatic heterocycles. The summed E-state index contributed by atoms with van der Waals surface area (Å²) in [5.41, 5.74) is 0.668. The lowest BCUT2D eigenvalue weighted by atomic mass is 10.1. The SMILES string of the molecule is CCC[C@H](NC(=O)Cc1csc(-c2cccs2)n1)C(=O)O. The zero-order valence-corrected chi connectivity index (χ0v) is 13.2. The quantitative estimate of drug-likeness (QED) is 0.821. The summed E-state index contributed by atoms with van der Waals surface area (Å²) >= 11 is 3.09. The van der Waals surface area contributed by atoms with Gasteiger partial charge in [-0.05, 0) is 17.9 Å². The van der Waals surface area contributed by atoms with Crippen LogP contribution >= 0.6 is 22.7 Å². The molecule has 0 radical (unpaired) electrons. The Morgan fingerprint density at radius 2 is 2.24 bits per heavy atom. The van der Waals surface area contributed by atoms with Gasteiger partial charge in [-0.15, -0.1) is 22.7 Å². The zero-order chi connectivity index (χ0) is 15.2. The third-order valence-corrected chi connectivity index (χ3v) is 4.77. The molecule has 2 aromatic rings. The second kappa shape index (κ2) is 7.33. The van der Waals surface area contributed by atoms with E-state index in [0.29, 0.717) is 18.5 Å². The first-order valence-electron chi connectivity index (χ1n) is 6.60. The van der Waals surface area contributed by atoms with Gasteiger partial charge in [0.1, 0.15) is 11.0 Å². The van der Waals surface area contributed by atoms with E-state index in [9.17, 15) is 9.59 Å². The Bertz CT molecular complexity index is 608. The maximum Gasteiger partial charge on any atom is 0.326 e. The second-order valence-corrected chi connectivity index (χ2v) is 6.35. The summed E-state index contributed by atoms with van der Waals surface area (Å²) in [5.74, 6) is -1.30. The molecule has 0 aliphatic carbocycles. The van der Waals surface area contributed by atoms with Gasteiger partial charge in [0.2, 0.25) is 5.91 Å². The number of nitrogens with one attached hydrogen (secondary N) is 1. The van der Waals surface area contributed by atoms with Crippen molar-refractivity contribution in [2.75, 3.05) is 0 Å². The van der Waals surface area contributed by atoms with Crippen molar-refractivity contribution in [1.29, 1.82) is 0 Å². The number of thiophene rings is 1. The van der Waals surface area contributed by atoms with Crippen LogP contribution in [0.1, 0.15) is 25.5 Å². The molecule has 1 atom stereocenters. The summed E-state index contributed by atoms with van der Waals surface area (Å²) in [7, 11) is 0. The summed E-state index contributed by atoms with van der Waals surface area (Å²) in [5, 5.41) is 16.3. The number of thiazole rings is 1. The number of aliphatic carboxylic acids is 1. The molecular formula is C14H16N2O3S2. The highest BCUT2D eigenvalue weighted by Crippen LogP contribution is 2.27. The first kappa shape index (κ1) is 15.7. The Kier molecular flexibility index (Phi) is 5.46. The Hall–Kier alpha value is -1.73. The highest BCUT2D eigenvalue weighted by atomic mass is 32.1. The molecule has 0 bridgehead atoms. The lowest BCUT2D eigenvalue weighted by Crippen LogP contribution is -2.41. The van der Waals surface area contributed by atoms with Crippen LogP contribution in [0, 0.1) is 0 Å². The molecule has 0 fully saturated rings. The number of carboxylic acid groups (broad SMARTS) is 1. The zero-order valence-electron chi connectivity index (χ0n) is 11.5. The highest BCUT2D eigenvalue weighted by molar-refractivity contribution is 7.20. The van der Waals surface area contributed by atoms with E-state index in [0.717, 1.165) is 9.88 Å². The van der Waals surface area contributed by atoms with E-state index < -0.39 is 12.0 Å². The van der Waals surface area contributed by atoms with Crippen molar-refractivity contribution >= 4 is 34.6 Å². The standard InChI is InChI=1S/C14H16N2O3S2/c1-2-4-10(14(18)19)16-12(17)7-9-8-21-13(15-9)11-5-3-6-20-11/h3,5-6,8,10H,2,4,7H2,1H3,(H,16,17)(H,18,19)/t10-/m0/s1. The number of hydrogen-bond acceptors (Lipinski definition) is 5. The minimum atomic E-state index is -0.997. The van der Waals surface area contributed by atoms with Gasteiger partial charge in [0.05, 0.1) is 17.0 Å². The highest BCUT2D eigenvalue weighted by Gasteiger charge is 2.19. The van der Waals surface area contributed by atoms with Crippen LogP contribution < -0.4 is 5.32 Å². The number of carbonyl (C=O) groups is 2. The molecule has 0 aliphatic heterocycles. The molecule has 0 saturated heterocycles. The number of rotatable bonds is 7. The van der Waals surface area contributed by atoms with E-state index in [1.807, 2.05) is 29.8 Å². The molecule has 5 nitrogen and oxygen atoms in total. The van der Waals surface area contributed by atoms with Gasteiger partial charge in [-0.1, -0.05) is 19.4 Å². The van der Waals surface area contributed by atoms with E-state index in [1.165, 1.54) is 11.3 Å². The number of aromatic nitrogens is 1. The van der Waals surface area contributed by atoms with E-state index >= 15 is 0 Å². The van der Waals surface area contributed by atoms with Gasteiger partial charge in [0.25, 0.3) is 0 Å². The average Bonchev–Trinajstić information content (AvgIpc) is 3.08. The Balaban J connectivity index is 1.95. The van der Waals surface area contributed by atoms with Crippen molar-refractivity contribution < 1.29 is 14.7 Å². The fraction of sp³-hybridized carbons (Fsp3) is 0.357. The van der Waals surface area contributed by atoms with Gasteiger partial charge >= 0.3 is 5.97 Å². The number of carbonyl (C=O) groups excluding carboxylic acids is 1. The molecule has 0 spiro atoms. The predicted octanol–water partition coefficient (Wildman–Crippen LogP) is 2.78. The summed E-state index contributed by atoms with van der Waals surface area (Å²) in [6.45, 7) is 1.88. The monoisotopic (exact) mass is 324 g/mol. The van der Waals surface area contributed by atoms with Gasteiger partial charge in [-0.25, -0.2) is 9.78 Å². The summed E-state index contributed by atoms with van der Waals surface area (Å²) < 4.78 is 0. The second-order valence-electron chi connectivity index (χ2n) is 4.55. The minimum Gasteiger partial charge on any atom is -0.480 e. The van der Waals surface area contributed by atoms with Crippen molar-refractivity contribution in [3.63, 3.8) is 0 Å². The number of carboxylic acids is 1. The third-order valence-electron chi connectivity index (χ3n) is 2.84. The molecule has 7 heteroatoms. The largest absolute Gasteiger partial charge is 0.480 e. The predicted molar refractivity (Wildman–Crippen MR) is 83.6 cm³/mol. The molecule has 2 N–H and O–H groups in total. The number of amides is 1. The van der Waals surface area contributed by atoms with Crippen molar-refractivity contribution in [2.45, 2.75) is 32.2 Å².